The van der Waals surface area contributed by atoms with Crippen molar-refractivity contribution in [1.29, 1.82) is 0 Å². The highest BCUT2D eigenvalue weighted by atomic mass is 35.5. The van der Waals surface area contributed by atoms with Crippen molar-refractivity contribution in [2.45, 2.75) is 45.4 Å². The second kappa shape index (κ2) is 9.82. The minimum atomic E-state index is 0.563. The van der Waals surface area contributed by atoms with E-state index in [0.717, 1.165) is 12.8 Å². The van der Waals surface area contributed by atoms with Crippen LogP contribution in [0.2, 0.25) is 5.02 Å². The van der Waals surface area contributed by atoms with Crippen molar-refractivity contribution >= 4 is 23.7 Å². The average Bonchev–Trinajstić information content (AvgIpc) is 2.43. The van der Waals surface area contributed by atoms with Crippen LogP contribution in [0.4, 0.5) is 5.69 Å². The van der Waals surface area contributed by atoms with E-state index in [2.05, 4.69) is 6.92 Å². The molecule has 0 bridgehead atoms. The monoisotopic (exact) mass is 283 g/mol. The molecule has 0 aliphatic rings. The third-order valence-electron chi connectivity index (χ3n) is 2.91. The number of anilines is 1. The van der Waals surface area contributed by atoms with E-state index in [4.69, 9.17) is 16.4 Å². The van der Waals surface area contributed by atoms with E-state index in [9.17, 15) is 4.79 Å². The van der Waals surface area contributed by atoms with Crippen molar-refractivity contribution in [1.82, 2.24) is 0 Å². The Balaban J connectivity index is 2.22. The minimum Gasteiger partial charge on any atom is -0.276 e. The number of halogens is 1. The van der Waals surface area contributed by atoms with Gasteiger partial charge in [-0.1, -0.05) is 50.6 Å². The van der Waals surface area contributed by atoms with Gasteiger partial charge in [0, 0.05) is 5.02 Å². The molecular formula is C15H22ClNO2. The van der Waals surface area contributed by atoms with Crippen molar-refractivity contribution in [2.24, 2.45) is 0 Å². The zero-order chi connectivity index (χ0) is 13.9. The summed E-state index contributed by atoms with van der Waals surface area (Å²) in [5.74, 6) is 0. The zero-order valence-electron chi connectivity index (χ0n) is 11.5. The molecular weight excluding hydrogens is 262 g/mol. The Morgan fingerprint density at radius 1 is 1.11 bits per heavy atom. The largest absolute Gasteiger partial charge is 0.276 e. The quantitative estimate of drug-likeness (QED) is 0.357. The maximum Gasteiger partial charge on any atom is 0.238 e. The van der Waals surface area contributed by atoms with Gasteiger partial charge in [0.05, 0.1) is 12.3 Å². The van der Waals surface area contributed by atoms with E-state index < -0.39 is 0 Å². The standard InChI is InChI=1S/C15H22ClNO2/c1-2-3-4-5-6-7-12-19-17(13-18)15-10-8-14(16)9-11-15/h8-11,13H,2-7,12H2,1H3. The second-order valence-corrected chi connectivity index (χ2v) is 4.95. The molecule has 1 aromatic rings. The smallest absolute Gasteiger partial charge is 0.238 e. The Labute approximate surface area is 120 Å². The molecule has 0 spiro atoms. The van der Waals surface area contributed by atoms with Crippen LogP contribution in [0.5, 0.6) is 0 Å². The van der Waals surface area contributed by atoms with E-state index in [1.807, 2.05) is 0 Å². The first-order valence-corrected chi connectivity index (χ1v) is 7.28. The van der Waals surface area contributed by atoms with Gasteiger partial charge in [0.2, 0.25) is 6.41 Å². The molecule has 106 valence electrons. The Morgan fingerprint density at radius 2 is 1.74 bits per heavy atom. The lowest BCUT2D eigenvalue weighted by Crippen LogP contribution is -2.22. The van der Waals surface area contributed by atoms with Gasteiger partial charge in [-0.2, -0.15) is 5.06 Å². The van der Waals surface area contributed by atoms with Gasteiger partial charge >= 0.3 is 0 Å². The van der Waals surface area contributed by atoms with Crippen LogP contribution in [0, 0.1) is 0 Å². The van der Waals surface area contributed by atoms with Crippen LogP contribution in [0.25, 0.3) is 0 Å². The minimum absolute atomic E-state index is 0.563. The van der Waals surface area contributed by atoms with Crippen molar-refractivity contribution in [3.05, 3.63) is 29.3 Å². The summed E-state index contributed by atoms with van der Waals surface area (Å²) >= 11 is 5.80. The van der Waals surface area contributed by atoms with Crippen LogP contribution in [0.1, 0.15) is 45.4 Å². The molecule has 4 heteroatoms. The molecule has 0 N–H and O–H groups in total. The van der Waals surface area contributed by atoms with Gasteiger partial charge in [-0.05, 0) is 30.7 Å². The summed E-state index contributed by atoms with van der Waals surface area (Å²) < 4.78 is 0. The van der Waals surface area contributed by atoms with Crippen molar-refractivity contribution < 1.29 is 9.63 Å². The number of nitrogens with zero attached hydrogens (tertiary/aromatic N) is 1. The first-order valence-electron chi connectivity index (χ1n) is 6.91. The summed E-state index contributed by atoms with van der Waals surface area (Å²) in [6, 6.07) is 7.00. The Morgan fingerprint density at radius 3 is 2.37 bits per heavy atom. The molecule has 0 radical (unpaired) electrons. The molecule has 0 saturated carbocycles. The number of hydrogen-bond acceptors (Lipinski definition) is 2. The fraction of sp³-hybridized carbons (Fsp3) is 0.533. The van der Waals surface area contributed by atoms with Gasteiger partial charge in [0.15, 0.2) is 0 Å². The van der Waals surface area contributed by atoms with Crippen molar-refractivity contribution in [3.63, 3.8) is 0 Å². The summed E-state index contributed by atoms with van der Waals surface area (Å²) in [6.07, 6.45) is 7.87. The molecule has 0 fully saturated rings. The topological polar surface area (TPSA) is 29.5 Å². The number of rotatable bonds is 10. The lowest BCUT2D eigenvalue weighted by atomic mass is 10.1. The third-order valence-corrected chi connectivity index (χ3v) is 3.16. The molecule has 0 unspecified atom stereocenters. The predicted molar refractivity (Wildman–Crippen MR) is 79.3 cm³/mol. The van der Waals surface area contributed by atoms with E-state index in [1.165, 1.54) is 30.7 Å². The van der Waals surface area contributed by atoms with Crippen LogP contribution in [-0.2, 0) is 9.63 Å². The lowest BCUT2D eigenvalue weighted by molar-refractivity contribution is -0.114. The Hall–Kier alpha value is -1.06. The van der Waals surface area contributed by atoms with Gasteiger partial charge < -0.3 is 0 Å². The number of benzene rings is 1. The third kappa shape index (κ3) is 6.60. The molecule has 3 nitrogen and oxygen atoms in total. The van der Waals surface area contributed by atoms with Gasteiger partial charge in [-0.25, -0.2) is 0 Å². The van der Waals surface area contributed by atoms with Crippen LogP contribution < -0.4 is 5.06 Å². The maximum absolute atomic E-state index is 11.0. The van der Waals surface area contributed by atoms with Crippen molar-refractivity contribution in [3.8, 4) is 0 Å². The summed E-state index contributed by atoms with van der Waals surface area (Å²) in [4.78, 5) is 16.4. The molecule has 1 amide bonds. The summed E-state index contributed by atoms with van der Waals surface area (Å²) in [5.41, 5.74) is 0.699. The highest BCUT2D eigenvalue weighted by molar-refractivity contribution is 6.30. The van der Waals surface area contributed by atoms with Gasteiger partial charge in [-0.3, -0.25) is 9.63 Å². The van der Waals surface area contributed by atoms with Gasteiger partial charge in [0.1, 0.15) is 0 Å². The Bertz CT molecular complexity index is 354. The van der Waals surface area contributed by atoms with Crippen LogP contribution >= 0.6 is 11.6 Å². The van der Waals surface area contributed by atoms with Gasteiger partial charge in [0.25, 0.3) is 0 Å². The first-order chi connectivity index (χ1) is 9.27. The second-order valence-electron chi connectivity index (χ2n) is 4.51. The lowest BCUT2D eigenvalue weighted by Gasteiger charge is -2.16. The van der Waals surface area contributed by atoms with Crippen LogP contribution in [0.15, 0.2) is 24.3 Å². The predicted octanol–water partition coefficient (Wildman–Crippen LogP) is 4.59. The molecule has 0 aliphatic heterocycles. The van der Waals surface area contributed by atoms with E-state index in [1.54, 1.807) is 24.3 Å². The molecule has 0 atom stereocenters. The first kappa shape index (κ1) is 16.0. The number of unbranched alkanes of at least 4 members (excludes halogenated alkanes) is 5. The molecule has 0 aliphatic carbocycles. The number of carbonyl (C=O) groups excluding carboxylic acids is 1. The molecule has 19 heavy (non-hydrogen) atoms. The molecule has 0 heterocycles. The number of amides is 1. The number of carbonyl (C=O) groups is 1. The summed E-state index contributed by atoms with van der Waals surface area (Å²) in [5, 5.41) is 1.90. The van der Waals surface area contributed by atoms with Gasteiger partial charge in [-0.15, -0.1) is 0 Å². The molecule has 0 saturated heterocycles. The van der Waals surface area contributed by atoms with E-state index >= 15 is 0 Å². The molecule has 0 aromatic heterocycles. The highest BCUT2D eigenvalue weighted by Gasteiger charge is 2.05. The van der Waals surface area contributed by atoms with E-state index in [-0.39, 0.29) is 0 Å². The normalized spacial score (nSPS) is 10.4. The SMILES string of the molecule is CCCCCCCCON(C=O)c1ccc(Cl)cc1. The molecule has 1 rings (SSSR count). The van der Waals surface area contributed by atoms with Crippen LogP contribution in [-0.4, -0.2) is 13.0 Å². The fourth-order valence-corrected chi connectivity index (χ4v) is 1.93. The molecule has 1 aromatic carbocycles. The van der Waals surface area contributed by atoms with Crippen molar-refractivity contribution in [2.75, 3.05) is 11.7 Å². The fourth-order valence-electron chi connectivity index (χ4n) is 1.80. The average molecular weight is 284 g/mol. The maximum atomic E-state index is 11.0. The zero-order valence-corrected chi connectivity index (χ0v) is 12.2. The van der Waals surface area contributed by atoms with Crippen LogP contribution in [0.3, 0.4) is 0 Å². The Kier molecular flexibility index (Phi) is 8.26. The number of hydroxylamine groups is 1. The number of hydrogen-bond donors (Lipinski definition) is 0. The summed E-state index contributed by atoms with van der Waals surface area (Å²) in [7, 11) is 0. The summed E-state index contributed by atoms with van der Waals surface area (Å²) in [6.45, 7) is 2.77. The van der Waals surface area contributed by atoms with E-state index in [0.29, 0.717) is 23.7 Å². The highest BCUT2D eigenvalue weighted by Crippen LogP contribution is 2.17.